The van der Waals surface area contributed by atoms with E-state index in [0.717, 1.165) is 13.0 Å². The normalized spacial score (nSPS) is 20.9. The maximum atomic E-state index is 4.62. The summed E-state index contributed by atoms with van der Waals surface area (Å²) in [6.07, 6.45) is 6.04. The van der Waals surface area contributed by atoms with Gasteiger partial charge in [-0.1, -0.05) is 34.1 Å². The van der Waals surface area contributed by atoms with Crippen LogP contribution in [0.1, 0.15) is 67.7 Å². The summed E-state index contributed by atoms with van der Waals surface area (Å²) in [5.41, 5.74) is 0.465. The zero-order chi connectivity index (χ0) is 14.0. The highest BCUT2D eigenvalue weighted by molar-refractivity contribution is 5.58. The number of hydrazone groups is 1. The number of nitrogens with zero attached hydrogens (tertiary/aromatic N) is 3. The fourth-order valence-corrected chi connectivity index (χ4v) is 2.32. The van der Waals surface area contributed by atoms with Crippen LogP contribution >= 0.6 is 0 Å². The second-order valence-corrected chi connectivity index (χ2v) is 7.57. The molecule has 1 atom stereocenters. The van der Waals surface area contributed by atoms with Crippen LogP contribution in [0.4, 0.5) is 0 Å². The first-order valence-electron chi connectivity index (χ1n) is 7.24. The minimum absolute atomic E-state index is 0.139. The highest BCUT2D eigenvalue weighted by Crippen LogP contribution is 2.31. The molecule has 0 spiro atoms. The Morgan fingerprint density at radius 2 is 1.72 bits per heavy atom. The summed E-state index contributed by atoms with van der Waals surface area (Å²) in [7, 11) is 0. The lowest BCUT2D eigenvalue weighted by molar-refractivity contribution is 0.0439. The van der Waals surface area contributed by atoms with Gasteiger partial charge in [0.25, 0.3) is 0 Å². The van der Waals surface area contributed by atoms with E-state index >= 15 is 0 Å². The molecule has 0 fully saturated rings. The number of unbranched alkanes of at least 4 members (excludes halogenated alkanes) is 1. The average molecular weight is 253 g/mol. The molecule has 3 heteroatoms. The van der Waals surface area contributed by atoms with Crippen molar-refractivity contribution >= 4 is 6.34 Å². The highest BCUT2D eigenvalue weighted by atomic mass is 15.6. The van der Waals surface area contributed by atoms with Gasteiger partial charge in [-0.05, 0) is 39.0 Å². The van der Waals surface area contributed by atoms with E-state index in [4.69, 9.17) is 0 Å². The highest BCUT2D eigenvalue weighted by Gasteiger charge is 2.36. The van der Waals surface area contributed by atoms with E-state index in [1.54, 1.807) is 0 Å². The molecule has 1 unspecified atom stereocenters. The Bertz CT molecular complexity index is 283. The maximum Gasteiger partial charge on any atom is 0.120 e. The predicted molar refractivity (Wildman–Crippen MR) is 79.6 cm³/mol. The quantitative estimate of drug-likeness (QED) is 0.756. The van der Waals surface area contributed by atoms with Crippen molar-refractivity contribution < 1.29 is 0 Å². The molecule has 0 radical (unpaired) electrons. The summed E-state index contributed by atoms with van der Waals surface area (Å²) in [6.45, 7) is 17.0. The first-order chi connectivity index (χ1) is 8.15. The third kappa shape index (κ3) is 4.18. The predicted octanol–water partition coefficient (Wildman–Crippen LogP) is 3.91. The summed E-state index contributed by atoms with van der Waals surface area (Å²) in [5.74, 6) is 0. The van der Waals surface area contributed by atoms with Crippen LogP contribution in [0.15, 0.2) is 5.10 Å². The van der Waals surface area contributed by atoms with Crippen molar-refractivity contribution in [3.8, 4) is 0 Å². The summed E-state index contributed by atoms with van der Waals surface area (Å²) in [6, 6.07) is 0. The van der Waals surface area contributed by atoms with Crippen molar-refractivity contribution in [1.29, 1.82) is 0 Å². The summed E-state index contributed by atoms with van der Waals surface area (Å²) in [4.78, 5) is 2.41. The van der Waals surface area contributed by atoms with Crippen LogP contribution in [0, 0.1) is 5.41 Å². The summed E-state index contributed by atoms with van der Waals surface area (Å²) >= 11 is 0. The smallest absolute Gasteiger partial charge is 0.120 e. The molecule has 1 aliphatic heterocycles. The van der Waals surface area contributed by atoms with Crippen molar-refractivity contribution in [2.45, 2.75) is 79.4 Å². The molecule has 3 nitrogen and oxygen atoms in total. The first-order valence-corrected chi connectivity index (χ1v) is 7.24. The number of hydrogen-bond donors (Lipinski definition) is 0. The Labute approximate surface area is 113 Å². The minimum Gasteiger partial charge on any atom is -0.335 e. The van der Waals surface area contributed by atoms with E-state index < -0.39 is 0 Å². The monoisotopic (exact) mass is 253 g/mol. The Morgan fingerprint density at radius 3 is 2.17 bits per heavy atom. The van der Waals surface area contributed by atoms with Crippen molar-refractivity contribution in [3.63, 3.8) is 0 Å². The maximum absolute atomic E-state index is 4.62. The first kappa shape index (κ1) is 15.3. The fraction of sp³-hybridized carbons (Fsp3) is 0.933. The summed E-state index contributed by atoms with van der Waals surface area (Å²) < 4.78 is 0. The van der Waals surface area contributed by atoms with Crippen LogP contribution in [0.25, 0.3) is 0 Å². The van der Waals surface area contributed by atoms with Gasteiger partial charge in [0.1, 0.15) is 12.5 Å². The van der Waals surface area contributed by atoms with Gasteiger partial charge in [-0.3, -0.25) is 5.01 Å². The zero-order valence-electron chi connectivity index (χ0n) is 13.3. The van der Waals surface area contributed by atoms with E-state index in [1.165, 1.54) is 12.8 Å². The molecule has 0 aliphatic carbocycles. The van der Waals surface area contributed by atoms with Gasteiger partial charge < -0.3 is 4.90 Å². The zero-order valence-corrected chi connectivity index (χ0v) is 13.3. The van der Waals surface area contributed by atoms with Gasteiger partial charge in [-0.2, -0.15) is 5.10 Å². The van der Waals surface area contributed by atoms with Crippen LogP contribution < -0.4 is 0 Å². The molecule has 1 heterocycles. The van der Waals surface area contributed by atoms with Crippen molar-refractivity contribution in [1.82, 2.24) is 9.91 Å². The molecule has 0 aromatic carbocycles. The van der Waals surface area contributed by atoms with Crippen molar-refractivity contribution in [2.24, 2.45) is 10.5 Å². The molecule has 18 heavy (non-hydrogen) atoms. The molecule has 0 N–H and O–H groups in total. The Balaban J connectivity index is 2.79. The van der Waals surface area contributed by atoms with Crippen LogP contribution in [0.2, 0.25) is 0 Å². The van der Waals surface area contributed by atoms with Gasteiger partial charge in [0.15, 0.2) is 0 Å². The van der Waals surface area contributed by atoms with Gasteiger partial charge in [0, 0.05) is 12.1 Å². The van der Waals surface area contributed by atoms with Gasteiger partial charge in [0.2, 0.25) is 0 Å². The number of rotatable bonds is 4. The van der Waals surface area contributed by atoms with Gasteiger partial charge in [-0.15, -0.1) is 0 Å². The van der Waals surface area contributed by atoms with E-state index in [1.807, 2.05) is 6.34 Å². The van der Waals surface area contributed by atoms with Crippen LogP contribution in [-0.2, 0) is 0 Å². The molecule has 0 aromatic rings. The molecule has 1 rings (SSSR count). The molecular weight excluding hydrogens is 222 g/mol. The lowest BCUT2D eigenvalue weighted by Crippen LogP contribution is -2.50. The molecule has 0 bridgehead atoms. The molecule has 1 aliphatic rings. The Hall–Kier alpha value is -0.730. The average Bonchev–Trinajstić information content (AvgIpc) is 2.54. The lowest BCUT2D eigenvalue weighted by Gasteiger charge is -2.41. The largest absolute Gasteiger partial charge is 0.335 e. The minimum atomic E-state index is 0.139. The second-order valence-electron chi connectivity index (χ2n) is 7.57. The topological polar surface area (TPSA) is 18.8 Å². The Kier molecular flexibility index (Phi) is 4.68. The van der Waals surface area contributed by atoms with Gasteiger partial charge in [-0.25, -0.2) is 0 Å². The molecule has 0 saturated carbocycles. The van der Waals surface area contributed by atoms with Gasteiger partial charge in [0.05, 0.1) is 0 Å². The van der Waals surface area contributed by atoms with E-state index in [9.17, 15) is 0 Å². The third-order valence-corrected chi connectivity index (χ3v) is 3.30. The van der Waals surface area contributed by atoms with Crippen LogP contribution in [0.5, 0.6) is 0 Å². The van der Waals surface area contributed by atoms with Crippen LogP contribution in [-0.4, -0.2) is 34.5 Å². The van der Waals surface area contributed by atoms with Crippen LogP contribution in [0.3, 0.4) is 0 Å². The lowest BCUT2D eigenvalue weighted by atomic mass is 9.89. The molecule has 0 amide bonds. The van der Waals surface area contributed by atoms with Crippen molar-refractivity contribution in [3.05, 3.63) is 0 Å². The standard InChI is InChI=1S/C15H31N3/c1-8-9-10-18-13(11-14(2,3)4)17(12-16-18)15(5,6)7/h12-13H,8-11H2,1-7H3. The molecule has 0 saturated heterocycles. The SMILES string of the molecule is CCCCN1N=CN(C(C)(C)C)C1CC(C)(C)C. The van der Waals surface area contributed by atoms with Gasteiger partial charge >= 0.3 is 0 Å². The molecule has 106 valence electrons. The molecular formula is C15H31N3. The second kappa shape index (κ2) is 5.50. The Morgan fingerprint density at radius 1 is 1.11 bits per heavy atom. The van der Waals surface area contributed by atoms with E-state index in [2.05, 4.69) is 63.5 Å². The fourth-order valence-electron chi connectivity index (χ4n) is 2.32. The van der Waals surface area contributed by atoms with E-state index in [-0.39, 0.29) is 5.54 Å². The van der Waals surface area contributed by atoms with E-state index in [0.29, 0.717) is 11.6 Å². The van der Waals surface area contributed by atoms with Crippen molar-refractivity contribution in [2.75, 3.05) is 6.54 Å². The molecule has 0 aromatic heterocycles. The third-order valence-electron chi connectivity index (χ3n) is 3.30. The summed E-state index contributed by atoms with van der Waals surface area (Å²) in [5, 5.41) is 6.90. The number of hydrogen-bond acceptors (Lipinski definition) is 3.